The minimum absolute atomic E-state index is 0.144. The fourth-order valence-electron chi connectivity index (χ4n) is 9.82. The molecule has 0 aromatic heterocycles. The largest absolute Gasteiger partial charge is 0.247 e. The first-order valence-electron chi connectivity index (χ1n) is 17.5. The van der Waals surface area contributed by atoms with Crippen LogP contribution in [-0.2, 0) is 0 Å². The van der Waals surface area contributed by atoms with Gasteiger partial charge in [-0.2, -0.15) is 0 Å². The number of fused-ring (bicyclic) bond motifs is 4. The van der Waals surface area contributed by atoms with E-state index in [4.69, 9.17) is 0 Å². The molecule has 0 saturated heterocycles. The molecule has 9 atom stereocenters. The van der Waals surface area contributed by atoms with Crippen LogP contribution in [0.15, 0.2) is 0 Å². The Hall–Kier alpha value is -0.140. The van der Waals surface area contributed by atoms with Gasteiger partial charge in [-0.1, -0.05) is 129 Å². The zero-order chi connectivity index (χ0) is 25.9. The lowest BCUT2D eigenvalue weighted by Gasteiger charge is -2.45. The Kier molecular flexibility index (Phi) is 13.1. The lowest BCUT2D eigenvalue weighted by molar-refractivity contribution is 0.00402. The van der Waals surface area contributed by atoms with E-state index in [2.05, 4.69) is 6.92 Å². The Balaban J connectivity index is 1.51. The third-order valence-corrected chi connectivity index (χ3v) is 11.8. The summed E-state index contributed by atoms with van der Waals surface area (Å²) in [5, 5.41) is 0. The molecule has 4 aliphatic rings. The molecule has 0 amide bonds. The van der Waals surface area contributed by atoms with E-state index in [0.717, 1.165) is 25.2 Å². The SMILES string of the molecule is CCC1CCCCCCCCCC1C1CCCC(F)C2C3CCCCCCCCCC(C3)CC2CC1F. The highest BCUT2D eigenvalue weighted by molar-refractivity contribution is 4.94. The monoisotopic (exact) mass is 520 g/mol. The van der Waals surface area contributed by atoms with Gasteiger partial charge in [0.25, 0.3) is 0 Å². The highest BCUT2D eigenvalue weighted by atomic mass is 19.1. The molecule has 0 aromatic carbocycles. The average Bonchev–Trinajstić information content (AvgIpc) is 2.91. The molecule has 0 aromatic rings. The van der Waals surface area contributed by atoms with Crippen LogP contribution >= 0.6 is 0 Å². The number of hydrogen-bond donors (Lipinski definition) is 0. The first kappa shape index (κ1) is 29.8. The van der Waals surface area contributed by atoms with Crippen molar-refractivity contribution >= 4 is 0 Å². The first-order valence-corrected chi connectivity index (χ1v) is 17.5. The summed E-state index contributed by atoms with van der Waals surface area (Å²) < 4.78 is 32.7. The van der Waals surface area contributed by atoms with Gasteiger partial charge in [0.15, 0.2) is 0 Å². The van der Waals surface area contributed by atoms with E-state index in [-0.39, 0.29) is 11.8 Å². The lowest BCUT2D eigenvalue weighted by Crippen LogP contribution is -2.40. The lowest BCUT2D eigenvalue weighted by atomic mass is 9.61. The van der Waals surface area contributed by atoms with E-state index in [0.29, 0.717) is 36.5 Å². The van der Waals surface area contributed by atoms with Gasteiger partial charge in [0, 0.05) is 0 Å². The topological polar surface area (TPSA) is 0 Å². The van der Waals surface area contributed by atoms with E-state index in [1.807, 2.05) is 0 Å². The molecule has 4 saturated carbocycles. The molecular formula is C35H62F2. The van der Waals surface area contributed by atoms with Gasteiger partial charge in [-0.25, -0.2) is 8.78 Å². The molecule has 4 aliphatic carbocycles. The van der Waals surface area contributed by atoms with Gasteiger partial charge < -0.3 is 0 Å². The molecule has 0 N–H and O–H groups in total. The molecule has 0 heterocycles. The van der Waals surface area contributed by atoms with Crippen LogP contribution < -0.4 is 0 Å². The van der Waals surface area contributed by atoms with E-state index in [9.17, 15) is 0 Å². The van der Waals surface area contributed by atoms with Crippen molar-refractivity contribution in [1.82, 2.24) is 0 Å². The maximum Gasteiger partial charge on any atom is 0.103 e. The Morgan fingerprint density at radius 2 is 1.00 bits per heavy atom. The zero-order valence-corrected chi connectivity index (χ0v) is 24.6. The molecule has 9 unspecified atom stereocenters. The predicted molar refractivity (Wildman–Crippen MR) is 155 cm³/mol. The molecule has 2 heteroatoms. The number of rotatable bonds is 2. The molecule has 0 nitrogen and oxygen atoms in total. The van der Waals surface area contributed by atoms with E-state index in [1.54, 1.807) is 0 Å². The van der Waals surface area contributed by atoms with Gasteiger partial charge in [-0.15, -0.1) is 0 Å². The quantitative estimate of drug-likeness (QED) is 0.339. The van der Waals surface area contributed by atoms with Crippen LogP contribution in [0.2, 0.25) is 0 Å². The van der Waals surface area contributed by atoms with Gasteiger partial charge in [0.05, 0.1) is 0 Å². The summed E-state index contributed by atoms with van der Waals surface area (Å²) >= 11 is 0. The van der Waals surface area contributed by atoms with Crippen molar-refractivity contribution in [1.29, 1.82) is 0 Å². The molecule has 4 fully saturated rings. The highest BCUT2D eigenvalue weighted by Gasteiger charge is 2.45. The molecule has 0 radical (unpaired) electrons. The summed E-state index contributed by atoms with van der Waals surface area (Å²) in [6, 6.07) is 0. The van der Waals surface area contributed by atoms with Crippen molar-refractivity contribution in [2.45, 2.75) is 180 Å². The van der Waals surface area contributed by atoms with Gasteiger partial charge in [0.1, 0.15) is 12.3 Å². The third kappa shape index (κ3) is 8.93. The normalized spacial score (nSPS) is 42.4. The fraction of sp³-hybridized carbons (Fsp3) is 1.00. The minimum Gasteiger partial charge on any atom is -0.247 e. The zero-order valence-electron chi connectivity index (χ0n) is 24.6. The first-order chi connectivity index (χ1) is 18.2. The standard InChI is InChI=1S/C35H62F2/c1-2-28-19-14-10-6-4-8-12-16-21-31(28)32-22-17-23-33(36)35-29-20-15-11-7-3-5-9-13-18-27(24-29)25-30(35)26-34(32)37/h27-35H,2-26H2,1H3. The van der Waals surface area contributed by atoms with Crippen LogP contribution in [0.25, 0.3) is 0 Å². The summed E-state index contributed by atoms with van der Waals surface area (Å²) in [6.07, 6.45) is 29.3. The molecule has 37 heavy (non-hydrogen) atoms. The fourth-order valence-corrected chi connectivity index (χ4v) is 9.82. The predicted octanol–water partition coefficient (Wildman–Crippen LogP) is 11.8. The van der Waals surface area contributed by atoms with Gasteiger partial charge >= 0.3 is 0 Å². The van der Waals surface area contributed by atoms with Crippen LogP contribution in [0.5, 0.6) is 0 Å². The average molecular weight is 521 g/mol. The van der Waals surface area contributed by atoms with Gasteiger partial charge in [0.2, 0.25) is 0 Å². The number of halogens is 2. The second-order valence-corrected chi connectivity index (χ2v) is 14.2. The van der Waals surface area contributed by atoms with Gasteiger partial charge in [-0.05, 0) is 80.0 Å². The Morgan fingerprint density at radius 3 is 1.68 bits per heavy atom. The summed E-state index contributed by atoms with van der Waals surface area (Å²) in [5.74, 6) is 3.07. The van der Waals surface area contributed by atoms with Crippen molar-refractivity contribution in [2.24, 2.45) is 41.4 Å². The Morgan fingerprint density at radius 1 is 0.459 bits per heavy atom. The molecule has 0 aliphatic heterocycles. The Bertz CT molecular complexity index is 604. The van der Waals surface area contributed by atoms with Crippen molar-refractivity contribution < 1.29 is 8.78 Å². The summed E-state index contributed by atoms with van der Waals surface area (Å²) in [7, 11) is 0. The smallest absolute Gasteiger partial charge is 0.103 e. The van der Waals surface area contributed by atoms with Crippen LogP contribution in [0.4, 0.5) is 8.78 Å². The Labute approximate surface area is 229 Å². The van der Waals surface area contributed by atoms with Crippen LogP contribution in [-0.4, -0.2) is 12.3 Å². The third-order valence-electron chi connectivity index (χ3n) is 11.8. The number of alkyl halides is 2. The van der Waals surface area contributed by atoms with E-state index < -0.39 is 12.3 Å². The second kappa shape index (κ2) is 16.2. The highest BCUT2D eigenvalue weighted by Crippen LogP contribution is 2.50. The minimum atomic E-state index is -0.708. The van der Waals surface area contributed by atoms with E-state index in [1.165, 1.54) is 128 Å². The molecule has 216 valence electrons. The summed E-state index contributed by atoms with van der Waals surface area (Å²) in [5.41, 5.74) is 0. The van der Waals surface area contributed by atoms with Crippen LogP contribution in [0, 0.1) is 41.4 Å². The molecule has 0 spiro atoms. The van der Waals surface area contributed by atoms with Crippen LogP contribution in [0.3, 0.4) is 0 Å². The summed E-state index contributed by atoms with van der Waals surface area (Å²) in [6.45, 7) is 2.36. The van der Waals surface area contributed by atoms with E-state index >= 15 is 8.78 Å². The van der Waals surface area contributed by atoms with Gasteiger partial charge in [-0.3, -0.25) is 0 Å². The molecule has 2 bridgehead atoms. The molecule has 4 rings (SSSR count). The molecular weight excluding hydrogens is 458 g/mol. The maximum atomic E-state index is 16.7. The van der Waals surface area contributed by atoms with Crippen molar-refractivity contribution in [3.63, 3.8) is 0 Å². The maximum absolute atomic E-state index is 16.7. The van der Waals surface area contributed by atoms with Crippen molar-refractivity contribution in [3.05, 3.63) is 0 Å². The van der Waals surface area contributed by atoms with Crippen LogP contribution in [0.1, 0.15) is 167 Å². The van der Waals surface area contributed by atoms with Crippen molar-refractivity contribution in [3.8, 4) is 0 Å². The summed E-state index contributed by atoms with van der Waals surface area (Å²) in [4.78, 5) is 0. The second-order valence-electron chi connectivity index (χ2n) is 14.2. The van der Waals surface area contributed by atoms with Crippen molar-refractivity contribution in [2.75, 3.05) is 0 Å². The number of hydrogen-bond acceptors (Lipinski definition) is 0.